The van der Waals surface area contributed by atoms with Gasteiger partial charge in [0, 0.05) is 25.8 Å². The normalized spacial score (nSPS) is 11.6. The summed E-state index contributed by atoms with van der Waals surface area (Å²) in [6, 6.07) is 19.5. The van der Waals surface area contributed by atoms with Crippen molar-refractivity contribution in [2.24, 2.45) is 0 Å². The van der Waals surface area contributed by atoms with Gasteiger partial charge in [-0.25, -0.2) is 0 Å². The molecule has 2 N–H and O–H groups in total. The Morgan fingerprint density at radius 2 is 1.71 bits per heavy atom. The van der Waals surface area contributed by atoms with Gasteiger partial charge in [-0.05, 0) is 67.1 Å². The minimum absolute atomic E-state index is 0.0720. The van der Waals surface area contributed by atoms with E-state index in [1.54, 1.807) is 18.2 Å². The standard InChI is InChI=1S/C23H19BrCl2N2O2S/c1-2-21(23(30)27-16-9-6-14(24)7-10-16)31-18-5-3-4-17(13-18)28-22(29)19-11-8-15(25)12-20(19)26/h3-13,21H,2H2,1H3,(H,27,30)(H,28,29). The number of thioether (sulfide) groups is 1. The number of amides is 2. The monoisotopic (exact) mass is 536 g/mol. The molecule has 0 aliphatic rings. The van der Waals surface area contributed by atoms with Crippen LogP contribution in [-0.2, 0) is 4.79 Å². The molecule has 2 amide bonds. The lowest BCUT2D eigenvalue weighted by Gasteiger charge is -2.15. The van der Waals surface area contributed by atoms with E-state index in [1.807, 2.05) is 49.4 Å². The Hall–Kier alpha value is -1.99. The predicted molar refractivity (Wildman–Crippen MR) is 134 cm³/mol. The third-order valence-electron chi connectivity index (χ3n) is 4.32. The van der Waals surface area contributed by atoms with Gasteiger partial charge in [0.05, 0.1) is 15.8 Å². The molecule has 0 aliphatic carbocycles. The molecule has 160 valence electrons. The molecule has 0 fully saturated rings. The Labute approximate surface area is 203 Å². The lowest BCUT2D eigenvalue weighted by atomic mass is 10.2. The van der Waals surface area contributed by atoms with E-state index in [-0.39, 0.29) is 22.1 Å². The fourth-order valence-electron chi connectivity index (χ4n) is 2.76. The molecular weight excluding hydrogens is 519 g/mol. The maximum Gasteiger partial charge on any atom is 0.257 e. The lowest BCUT2D eigenvalue weighted by Crippen LogP contribution is -2.24. The van der Waals surface area contributed by atoms with Crippen molar-refractivity contribution >= 4 is 74.1 Å². The Morgan fingerprint density at radius 3 is 2.39 bits per heavy atom. The quantitative estimate of drug-likeness (QED) is 0.306. The van der Waals surface area contributed by atoms with Crippen LogP contribution in [0, 0.1) is 0 Å². The highest BCUT2D eigenvalue weighted by atomic mass is 79.9. The van der Waals surface area contributed by atoms with Crippen LogP contribution < -0.4 is 10.6 Å². The molecule has 1 unspecified atom stereocenters. The Kier molecular flexibility index (Phi) is 8.43. The molecule has 0 aromatic heterocycles. The maximum atomic E-state index is 12.7. The number of benzene rings is 3. The van der Waals surface area contributed by atoms with Crippen LogP contribution in [0.4, 0.5) is 11.4 Å². The average molecular weight is 538 g/mol. The van der Waals surface area contributed by atoms with E-state index in [0.29, 0.717) is 22.7 Å². The number of hydrogen-bond acceptors (Lipinski definition) is 3. The summed E-state index contributed by atoms with van der Waals surface area (Å²) in [6.45, 7) is 1.97. The van der Waals surface area contributed by atoms with Crippen LogP contribution in [0.3, 0.4) is 0 Å². The number of carbonyl (C=O) groups excluding carboxylic acids is 2. The van der Waals surface area contributed by atoms with Crippen LogP contribution in [0.1, 0.15) is 23.7 Å². The fraction of sp³-hybridized carbons (Fsp3) is 0.130. The van der Waals surface area contributed by atoms with Crippen molar-refractivity contribution in [2.75, 3.05) is 10.6 Å². The van der Waals surface area contributed by atoms with Crippen molar-refractivity contribution in [1.29, 1.82) is 0 Å². The van der Waals surface area contributed by atoms with Gasteiger partial charge in [-0.3, -0.25) is 9.59 Å². The summed E-state index contributed by atoms with van der Waals surface area (Å²) in [6.07, 6.45) is 0.657. The Balaban J connectivity index is 1.67. The van der Waals surface area contributed by atoms with Crippen LogP contribution in [0.25, 0.3) is 0 Å². The predicted octanol–water partition coefficient (Wildman–Crippen LogP) is 7.52. The van der Waals surface area contributed by atoms with E-state index in [2.05, 4.69) is 26.6 Å². The molecule has 0 bridgehead atoms. The van der Waals surface area contributed by atoms with Gasteiger partial charge >= 0.3 is 0 Å². The van der Waals surface area contributed by atoms with E-state index in [0.717, 1.165) is 15.1 Å². The highest BCUT2D eigenvalue weighted by Crippen LogP contribution is 2.29. The summed E-state index contributed by atoms with van der Waals surface area (Å²) in [5.74, 6) is -0.402. The van der Waals surface area contributed by atoms with Crippen molar-refractivity contribution in [3.8, 4) is 0 Å². The first kappa shape index (κ1) is 23.7. The molecule has 3 rings (SSSR count). The summed E-state index contributed by atoms with van der Waals surface area (Å²) < 4.78 is 0.950. The first-order valence-electron chi connectivity index (χ1n) is 9.45. The highest BCUT2D eigenvalue weighted by molar-refractivity contribution is 9.10. The SMILES string of the molecule is CCC(Sc1cccc(NC(=O)c2ccc(Cl)cc2Cl)c1)C(=O)Nc1ccc(Br)cc1. The van der Waals surface area contributed by atoms with Gasteiger partial charge in [0.15, 0.2) is 0 Å². The van der Waals surface area contributed by atoms with E-state index < -0.39 is 0 Å². The van der Waals surface area contributed by atoms with Crippen LogP contribution in [0.5, 0.6) is 0 Å². The first-order valence-corrected chi connectivity index (χ1v) is 11.9. The van der Waals surface area contributed by atoms with Crippen LogP contribution in [0.15, 0.2) is 76.1 Å². The second-order valence-corrected chi connectivity index (χ2v) is 9.65. The smallest absolute Gasteiger partial charge is 0.257 e. The Bertz CT molecular complexity index is 1090. The van der Waals surface area contributed by atoms with Gasteiger partial charge in [0.2, 0.25) is 5.91 Å². The van der Waals surface area contributed by atoms with Crippen molar-refractivity contribution < 1.29 is 9.59 Å². The minimum atomic E-state index is -0.330. The zero-order valence-electron chi connectivity index (χ0n) is 16.5. The number of hydrogen-bond donors (Lipinski definition) is 2. The maximum absolute atomic E-state index is 12.7. The molecule has 0 radical (unpaired) electrons. The van der Waals surface area contributed by atoms with Crippen LogP contribution in [-0.4, -0.2) is 17.1 Å². The van der Waals surface area contributed by atoms with Gasteiger partial charge in [0.25, 0.3) is 5.91 Å². The molecule has 0 saturated heterocycles. The largest absolute Gasteiger partial charge is 0.325 e. The van der Waals surface area contributed by atoms with Crippen LogP contribution >= 0.6 is 50.9 Å². The van der Waals surface area contributed by atoms with Crippen molar-refractivity contribution in [1.82, 2.24) is 0 Å². The fourth-order valence-corrected chi connectivity index (χ4v) is 4.53. The molecule has 31 heavy (non-hydrogen) atoms. The molecule has 3 aromatic carbocycles. The molecule has 0 spiro atoms. The summed E-state index contributed by atoms with van der Waals surface area (Å²) in [7, 11) is 0. The zero-order valence-corrected chi connectivity index (χ0v) is 20.4. The van der Waals surface area contributed by atoms with Gasteiger partial charge in [-0.1, -0.05) is 52.1 Å². The van der Waals surface area contributed by atoms with Crippen molar-refractivity contribution in [2.45, 2.75) is 23.5 Å². The molecule has 0 heterocycles. The van der Waals surface area contributed by atoms with E-state index >= 15 is 0 Å². The van der Waals surface area contributed by atoms with E-state index in [1.165, 1.54) is 17.8 Å². The molecule has 0 aliphatic heterocycles. The van der Waals surface area contributed by atoms with Gasteiger partial charge in [0.1, 0.15) is 0 Å². The van der Waals surface area contributed by atoms with E-state index in [9.17, 15) is 9.59 Å². The molecular formula is C23H19BrCl2N2O2S. The van der Waals surface area contributed by atoms with Gasteiger partial charge < -0.3 is 10.6 Å². The second kappa shape index (κ2) is 11.0. The highest BCUT2D eigenvalue weighted by Gasteiger charge is 2.19. The molecule has 8 heteroatoms. The van der Waals surface area contributed by atoms with E-state index in [4.69, 9.17) is 23.2 Å². The van der Waals surface area contributed by atoms with Crippen molar-refractivity contribution in [3.05, 3.63) is 86.8 Å². The molecule has 4 nitrogen and oxygen atoms in total. The van der Waals surface area contributed by atoms with Crippen molar-refractivity contribution in [3.63, 3.8) is 0 Å². The summed E-state index contributed by atoms with van der Waals surface area (Å²) in [5.41, 5.74) is 1.70. The summed E-state index contributed by atoms with van der Waals surface area (Å²) >= 11 is 16.8. The molecule has 0 saturated carbocycles. The van der Waals surface area contributed by atoms with Gasteiger partial charge in [-0.15, -0.1) is 11.8 Å². The first-order chi connectivity index (χ1) is 14.9. The molecule has 3 aromatic rings. The average Bonchev–Trinajstić information content (AvgIpc) is 2.73. The minimum Gasteiger partial charge on any atom is -0.325 e. The summed E-state index contributed by atoms with van der Waals surface area (Å²) in [5, 5.41) is 6.25. The second-order valence-electron chi connectivity index (χ2n) is 6.62. The number of halogens is 3. The molecule has 1 atom stereocenters. The number of rotatable bonds is 7. The third kappa shape index (κ3) is 6.74. The topological polar surface area (TPSA) is 58.2 Å². The third-order valence-corrected chi connectivity index (χ3v) is 6.76. The number of anilines is 2. The Morgan fingerprint density at radius 1 is 0.968 bits per heavy atom. The van der Waals surface area contributed by atoms with Gasteiger partial charge in [-0.2, -0.15) is 0 Å². The number of carbonyl (C=O) groups is 2. The number of nitrogens with one attached hydrogen (secondary N) is 2. The lowest BCUT2D eigenvalue weighted by molar-refractivity contribution is -0.115. The van der Waals surface area contributed by atoms with Crippen LogP contribution in [0.2, 0.25) is 10.0 Å². The summed E-state index contributed by atoms with van der Waals surface area (Å²) in [4.78, 5) is 26.1. The zero-order chi connectivity index (χ0) is 22.4.